The molecule has 1 saturated heterocycles. The molecule has 23 heavy (non-hydrogen) atoms. The molecule has 9 heteroatoms. The third kappa shape index (κ3) is 5.14. The van der Waals surface area contributed by atoms with E-state index in [1.165, 1.54) is 4.90 Å². The van der Waals surface area contributed by atoms with Gasteiger partial charge in [0.05, 0.1) is 12.5 Å². The van der Waals surface area contributed by atoms with Gasteiger partial charge in [0.2, 0.25) is 5.91 Å². The van der Waals surface area contributed by atoms with Crippen LogP contribution in [-0.2, 0) is 20.1 Å². The van der Waals surface area contributed by atoms with Crippen LogP contribution in [0.15, 0.2) is 0 Å². The van der Waals surface area contributed by atoms with Gasteiger partial charge in [-0.25, -0.2) is 0 Å². The van der Waals surface area contributed by atoms with Gasteiger partial charge >= 0.3 is 0 Å². The molecule has 1 amide bonds. The van der Waals surface area contributed by atoms with E-state index < -0.39 is 32.9 Å². The second kappa shape index (κ2) is 6.73. The maximum Gasteiger partial charge on any atom is 0.274 e. The van der Waals surface area contributed by atoms with Crippen molar-refractivity contribution in [2.75, 3.05) is 12.3 Å². The molecular weight excluding hydrogens is 322 g/mol. The van der Waals surface area contributed by atoms with E-state index in [1.807, 2.05) is 6.07 Å². The van der Waals surface area contributed by atoms with Crippen LogP contribution in [0.2, 0.25) is 0 Å². The summed E-state index contributed by atoms with van der Waals surface area (Å²) in [6.45, 7) is 7.14. The third-order valence-corrected chi connectivity index (χ3v) is 4.71. The Labute approximate surface area is 137 Å². The summed E-state index contributed by atoms with van der Waals surface area (Å²) in [4.78, 5) is 13.6. The maximum absolute atomic E-state index is 12.4. The largest absolute Gasteiger partial charge is 0.338 e. The van der Waals surface area contributed by atoms with E-state index in [-0.39, 0.29) is 19.0 Å². The fraction of sp³-hybridized carbons (Fsp3) is 0.857. The Morgan fingerprint density at radius 2 is 1.78 bits per heavy atom. The maximum atomic E-state index is 12.4. The highest BCUT2D eigenvalue weighted by Gasteiger charge is 2.48. The smallest absolute Gasteiger partial charge is 0.274 e. The number of nitrogens with zero attached hydrogens (tertiary/aromatic N) is 3. The fourth-order valence-corrected chi connectivity index (χ4v) is 3.83. The second-order valence-corrected chi connectivity index (χ2v) is 8.66. The summed E-state index contributed by atoms with van der Waals surface area (Å²) in [5, 5.41) is 22.1. The predicted molar refractivity (Wildman–Crippen MR) is 82.1 cm³/mol. The lowest BCUT2D eigenvalue weighted by atomic mass is 9.78. The van der Waals surface area contributed by atoms with Crippen LogP contribution in [0.5, 0.6) is 0 Å². The first-order chi connectivity index (χ1) is 10.3. The molecule has 1 radical (unpaired) electrons. The van der Waals surface area contributed by atoms with Crippen molar-refractivity contribution in [3.8, 4) is 6.07 Å². The molecule has 8 nitrogen and oxygen atoms in total. The Morgan fingerprint density at radius 1 is 1.30 bits per heavy atom. The first-order valence-electron chi connectivity index (χ1n) is 7.39. The fourth-order valence-electron chi connectivity index (χ4n) is 3.35. The lowest BCUT2D eigenvalue weighted by molar-refractivity contribution is -0.293. The summed E-state index contributed by atoms with van der Waals surface area (Å²) < 4.78 is 30.9. The number of hydrogen-bond donors (Lipinski definition) is 1. The van der Waals surface area contributed by atoms with Crippen LogP contribution in [0, 0.1) is 11.3 Å². The molecule has 0 aromatic carbocycles. The molecule has 0 atom stereocenters. The van der Waals surface area contributed by atoms with Crippen LogP contribution >= 0.6 is 0 Å². The topological polar surface area (TPSA) is 122 Å². The van der Waals surface area contributed by atoms with E-state index in [1.54, 1.807) is 27.7 Å². The van der Waals surface area contributed by atoms with Crippen LogP contribution in [0.4, 0.5) is 0 Å². The van der Waals surface area contributed by atoms with Crippen molar-refractivity contribution in [2.24, 2.45) is 0 Å². The molecule has 0 unspecified atom stereocenters. The lowest BCUT2D eigenvalue weighted by Gasteiger charge is -2.52. The van der Waals surface area contributed by atoms with Gasteiger partial charge < -0.3 is 4.90 Å². The molecule has 0 spiro atoms. The van der Waals surface area contributed by atoms with Gasteiger partial charge in [-0.2, -0.15) is 13.7 Å². The van der Waals surface area contributed by atoms with Gasteiger partial charge in [0, 0.05) is 23.7 Å². The molecule has 1 aliphatic rings. The average Bonchev–Trinajstić information content (AvgIpc) is 2.33. The first kappa shape index (κ1) is 19.8. The van der Waals surface area contributed by atoms with Crippen molar-refractivity contribution in [1.29, 1.82) is 5.26 Å². The first-order valence-corrected chi connectivity index (χ1v) is 9.00. The summed E-state index contributed by atoms with van der Waals surface area (Å²) in [5.41, 5.74) is -1.45. The van der Waals surface area contributed by atoms with Gasteiger partial charge in [0.15, 0.2) is 5.75 Å². The van der Waals surface area contributed by atoms with Crippen molar-refractivity contribution in [1.82, 2.24) is 9.96 Å². The minimum atomic E-state index is -4.45. The molecule has 131 valence electrons. The van der Waals surface area contributed by atoms with Crippen LogP contribution in [0.25, 0.3) is 0 Å². The summed E-state index contributed by atoms with van der Waals surface area (Å²) in [6, 6.07) is 1.56. The highest BCUT2D eigenvalue weighted by Crippen LogP contribution is 2.39. The Bertz CT molecular complexity index is 576. The van der Waals surface area contributed by atoms with Gasteiger partial charge in [-0.3, -0.25) is 9.35 Å². The zero-order valence-corrected chi connectivity index (χ0v) is 14.8. The van der Waals surface area contributed by atoms with Crippen molar-refractivity contribution in [3.63, 3.8) is 0 Å². The van der Waals surface area contributed by atoms with Crippen molar-refractivity contribution in [2.45, 2.75) is 64.1 Å². The summed E-state index contributed by atoms with van der Waals surface area (Å²) in [6.07, 6.45) is 0.779. The molecule has 1 N–H and O–H groups in total. The minimum absolute atomic E-state index is 0.0513. The molecule has 1 rings (SSSR count). The second-order valence-electron chi connectivity index (χ2n) is 7.20. The van der Waals surface area contributed by atoms with E-state index in [0.717, 1.165) is 5.06 Å². The van der Waals surface area contributed by atoms with Crippen molar-refractivity contribution in [3.05, 3.63) is 0 Å². The van der Waals surface area contributed by atoms with E-state index in [0.29, 0.717) is 12.8 Å². The average molecular weight is 346 g/mol. The SMILES string of the molecule is CC1(C)CC(N(CCC#N)C(=O)CS(=O)(=O)O)CC(C)(C)N1[O]. The van der Waals surface area contributed by atoms with Gasteiger partial charge in [0.25, 0.3) is 10.1 Å². The molecule has 1 aliphatic heterocycles. The van der Waals surface area contributed by atoms with E-state index >= 15 is 0 Å². The predicted octanol–water partition coefficient (Wildman–Crippen LogP) is 0.984. The number of amides is 1. The van der Waals surface area contributed by atoms with Crippen LogP contribution < -0.4 is 0 Å². The summed E-state index contributed by atoms with van der Waals surface area (Å²) >= 11 is 0. The molecule has 0 aliphatic carbocycles. The van der Waals surface area contributed by atoms with Gasteiger partial charge in [-0.05, 0) is 40.5 Å². The van der Waals surface area contributed by atoms with Gasteiger partial charge in [-0.15, -0.1) is 10.3 Å². The number of hydroxylamine groups is 2. The number of nitriles is 1. The molecule has 0 aromatic rings. The zero-order chi connectivity index (χ0) is 18.1. The summed E-state index contributed by atoms with van der Waals surface area (Å²) in [7, 11) is -4.45. The quantitative estimate of drug-likeness (QED) is 0.741. The number of hydrogen-bond acceptors (Lipinski definition) is 5. The minimum Gasteiger partial charge on any atom is -0.338 e. The van der Waals surface area contributed by atoms with Crippen molar-refractivity contribution < 1.29 is 23.0 Å². The highest BCUT2D eigenvalue weighted by atomic mass is 32.2. The number of rotatable bonds is 5. The molecule has 1 fully saturated rings. The highest BCUT2D eigenvalue weighted by molar-refractivity contribution is 7.86. The van der Waals surface area contributed by atoms with Crippen LogP contribution in [0.1, 0.15) is 47.0 Å². The Balaban J connectivity index is 3.07. The van der Waals surface area contributed by atoms with E-state index in [4.69, 9.17) is 9.81 Å². The Hall–Kier alpha value is -1.21. The Morgan fingerprint density at radius 3 is 2.17 bits per heavy atom. The normalized spacial score (nSPS) is 21.6. The zero-order valence-electron chi connectivity index (χ0n) is 13.9. The summed E-state index contributed by atoms with van der Waals surface area (Å²) in [5.74, 6) is -1.77. The molecule has 1 heterocycles. The third-order valence-electron chi connectivity index (χ3n) is 4.10. The molecule has 0 aromatic heterocycles. The van der Waals surface area contributed by atoms with Crippen molar-refractivity contribution >= 4 is 16.0 Å². The standard InChI is InChI=1S/C14H24N3O5S/c1-13(2)8-11(9-14(3,4)17(13)19)16(7-5-6-15)12(18)10-23(20,21)22/h11H,5,7-10H2,1-4H3,(H,20,21,22). The van der Waals surface area contributed by atoms with Gasteiger partial charge in [0.1, 0.15) is 0 Å². The number of piperidine rings is 1. The van der Waals surface area contributed by atoms with E-state index in [9.17, 15) is 18.4 Å². The lowest BCUT2D eigenvalue weighted by Crippen LogP contribution is -2.63. The van der Waals surface area contributed by atoms with Gasteiger partial charge in [-0.1, -0.05) is 0 Å². The molecule has 0 bridgehead atoms. The monoisotopic (exact) mass is 346 g/mol. The van der Waals surface area contributed by atoms with Crippen LogP contribution in [0.3, 0.4) is 0 Å². The Kier molecular flexibility index (Phi) is 5.80. The number of carbonyl (C=O) groups is 1. The molecular formula is C14H24N3O5S. The molecule has 0 saturated carbocycles. The van der Waals surface area contributed by atoms with Crippen LogP contribution in [-0.4, -0.2) is 58.3 Å². The van der Waals surface area contributed by atoms with E-state index in [2.05, 4.69) is 0 Å². The number of carbonyl (C=O) groups excluding carboxylic acids is 1.